The Hall–Kier alpha value is -1.56. The van der Waals surface area contributed by atoms with Crippen molar-refractivity contribution in [3.63, 3.8) is 0 Å². The van der Waals surface area contributed by atoms with Crippen molar-refractivity contribution in [2.24, 2.45) is 0 Å². The molecule has 0 aromatic heterocycles. The summed E-state index contributed by atoms with van der Waals surface area (Å²) in [4.78, 5) is 0. The fraction of sp³-hybridized carbons (Fsp3) is 0.478. The van der Waals surface area contributed by atoms with Crippen molar-refractivity contribution in [1.29, 1.82) is 0 Å². The molecule has 0 amide bonds. The van der Waals surface area contributed by atoms with Gasteiger partial charge in [0.2, 0.25) is 0 Å². The lowest BCUT2D eigenvalue weighted by molar-refractivity contribution is 0.665. The van der Waals surface area contributed by atoms with Crippen molar-refractivity contribution in [2.45, 2.75) is 71.6 Å². The van der Waals surface area contributed by atoms with Gasteiger partial charge < -0.3 is 0 Å². The van der Waals surface area contributed by atoms with E-state index in [0.29, 0.717) is 0 Å². The molecule has 2 rings (SSSR count). The maximum Gasteiger partial charge on any atom is -0.0190 e. The Morgan fingerprint density at radius 1 is 0.696 bits per heavy atom. The zero-order valence-electron chi connectivity index (χ0n) is 15.3. The predicted octanol–water partition coefficient (Wildman–Crippen LogP) is 7.40. The third-order valence-corrected chi connectivity index (χ3v) is 4.25. The predicted molar refractivity (Wildman–Crippen MR) is 104 cm³/mol. The minimum absolute atomic E-state index is 0.723. The highest BCUT2D eigenvalue weighted by molar-refractivity contribution is 5.18. The highest BCUT2D eigenvalue weighted by Gasteiger charge is 2.01. The van der Waals surface area contributed by atoms with Crippen LogP contribution in [0.5, 0.6) is 0 Å². The van der Waals surface area contributed by atoms with E-state index in [9.17, 15) is 0 Å². The van der Waals surface area contributed by atoms with E-state index >= 15 is 0 Å². The number of benzene rings is 2. The fourth-order valence-electron chi connectivity index (χ4n) is 2.78. The highest BCUT2D eigenvalue weighted by Crippen LogP contribution is 2.19. The Bertz CT molecular complexity index is 472. The largest absolute Gasteiger partial charge is 0.0654 e. The van der Waals surface area contributed by atoms with Crippen LogP contribution in [-0.4, -0.2) is 0 Å². The molecule has 0 heteroatoms. The summed E-state index contributed by atoms with van der Waals surface area (Å²) in [6.07, 6.45) is 9.26. The van der Waals surface area contributed by atoms with Crippen LogP contribution in [-0.2, 0) is 6.42 Å². The Morgan fingerprint density at radius 3 is 1.87 bits per heavy atom. The van der Waals surface area contributed by atoms with Crippen LogP contribution in [0.15, 0.2) is 60.7 Å². The normalized spacial score (nSPS) is 11.4. The molecular weight excluding hydrogens is 276 g/mol. The Balaban J connectivity index is 0.000000231. The molecule has 0 spiro atoms. The summed E-state index contributed by atoms with van der Waals surface area (Å²) in [5.41, 5.74) is 2.95. The van der Waals surface area contributed by atoms with Gasteiger partial charge in [0.15, 0.2) is 0 Å². The molecule has 23 heavy (non-hydrogen) atoms. The van der Waals surface area contributed by atoms with Gasteiger partial charge in [-0.3, -0.25) is 0 Å². The molecule has 0 nitrogen and oxygen atoms in total. The SMILES string of the molecule is CCCC(C)c1ccccc1.CCCCCCc1ccccc1. The standard InChI is InChI=1S/C12H18.C11H16/c1-2-3-4-6-9-12-10-7-5-8-11-12;1-3-7-10(2)11-8-5-4-6-9-11/h5,7-8,10-11H,2-4,6,9H2,1H3;4-6,8-10H,3,7H2,1-2H3. The molecule has 126 valence electrons. The zero-order valence-corrected chi connectivity index (χ0v) is 15.3. The topological polar surface area (TPSA) is 0 Å². The van der Waals surface area contributed by atoms with Crippen molar-refractivity contribution in [3.8, 4) is 0 Å². The molecule has 0 heterocycles. The zero-order chi connectivity index (χ0) is 16.8. The molecule has 0 bridgehead atoms. The Morgan fingerprint density at radius 2 is 1.30 bits per heavy atom. The average molecular weight is 311 g/mol. The first-order valence-electron chi connectivity index (χ1n) is 9.36. The van der Waals surface area contributed by atoms with Crippen LogP contribution in [0.3, 0.4) is 0 Å². The van der Waals surface area contributed by atoms with Crippen LogP contribution in [0.2, 0.25) is 0 Å². The quantitative estimate of drug-likeness (QED) is 0.445. The van der Waals surface area contributed by atoms with Gasteiger partial charge in [-0.2, -0.15) is 0 Å². The molecule has 2 aromatic carbocycles. The van der Waals surface area contributed by atoms with Crippen LogP contribution in [0, 0.1) is 0 Å². The van der Waals surface area contributed by atoms with E-state index in [0.717, 1.165) is 5.92 Å². The number of unbranched alkanes of at least 4 members (excludes halogenated alkanes) is 3. The molecule has 0 N–H and O–H groups in total. The summed E-state index contributed by atoms with van der Waals surface area (Å²) >= 11 is 0. The molecule has 0 aliphatic rings. The summed E-state index contributed by atoms with van der Waals surface area (Å²) in [6, 6.07) is 21.5. The lowest BCUT2D eigenvalue weighted by Crippen LogP contribution is -1.91. The van der Waals surface area contributed by atoms with Gasteiger partial charge in [0.25, 0.3) is 0 Å². The van der Waals surface area contributed by atoms with Gasteiger partial charge >= 0.3 is 0 Å². The van der Waals surface area contributed by atoms with Crippen molar-refractivity contribution >= 4 is 0 Å². The second kappa shape index (κ2) is 12.9. The van der Waals surface area contributed by atoms with E-state index in [1.807, 2.05) is 0 Å². The van der Waals surface area contributed by atoms with Crippen LogP contribution in [0.25, 0.3) is 0 Å². The first kappa shape index (κ1) is 19.5. The first-order valence-corrected chi connectivity index (χ1v) is 9.36. The minimum atomic E-state index is 0.723. The molecule has 0 aliphatic carbocycles. The summed E-state index contributed by atoms with van der Waals surface area (Å²) in [6.45, 7) is 6.78. The monoisotopic (exact) mass is 310 g/mol. The summed E-state index contributed by atoms with van der Waals surface area (Å²) < 4.78 is 0. The second-order valence-corrected chi connectivity index (χ2v) is 6.40. The van der Waals surface area contributed by atoms with Gasteiger partial charge in [0, 0.05) is 0 Å². The van der Waals surface area contributed by atoms with Crippen molar-refractivity contribution < 1.29 is 0 Å². The molecular formula is C23H34. The molecule has 0 saturated heterocycles. The van der Waals surface area contributed by atoms with Crippen molar-refractivity contribution in [2.75, 3.05) is 0 Å². The molecule has 0 radical (unpaired) electrons. The Labute approximate surface area is 144 Å². The van der Waals surface area contributed by atoms with Crippen LogP contribution in [0.4, 0.5) is 0 Å². The van der Waals surface area contributed by atoms with E-state index in [-0.39, 0.29) is 0 Å². The first-order chi connectivity index (χ1) is 11.3. The number of aryl methyl sites for hydroxylation is 1. The number of rotatable bonds is 8. The molecule has 0 aliphatic heterocycles. The van der Waals surface area contributed by atoms with E-state index in [1.165, 1.54) is 56.1 Å². The van der Waals surface area contributed by atoms with Gasteiger partial charge in [-0.05, 0) is 36.3 Å². The minimum Gasteiger partial charge on any atom is -0.0654 e. The van der Waals surface area contributed by atoms with Gasteiger partial charge in [-0.15, -0.1) is 0 Å². The lowest BCUT2D eigenvalue weighted by atomic mass is 9.97. The highest BCUT2D eigenvalue weighted by atomic mass is 14.1. The lowest BCUT2D eigenvalue weighted by Gasteiger charge is -2.08. The average Bonchev–Trinajstić information content (AvgIpc) is 2.61. The van der Waals surface area contributed by atoms with Crippen LogP contribution in [0.1, 0.15) is 76.3 Å². The molecule has 2 aromatic rings. The van der Waals surface area contributed by atoms with Crippen molar-refractivity contribution in [1.82, 2.24) is 0 Å². The summed E-state index contributed by atoms with van der Waals surface area (Å²) in [5, 5.41) is 0. The van der Waals surface area contributed by atoms with Gasteiger partial charge in [0.05, 0.1) is 0 Å². The van der Waals surface area contributed by atoms with E-state index < -0.39 is 0 Å². The molecule has 1 atom stereocenters. The summed E-state index contributed by atoms with van der Waals surface area (Å²) in [7, 11) is 0. The van der Waals surface area contributed by atoms with Crippen molar-refractivity contribution in [3.05, 3.63) is 71.8 Å². The van der Waals surface area contributed by atoms with Gasteiger partial charge in [-0.1, -0.05) is 107 Å². The van der Waals surface area contributed by atoms with E-state index in [2.05, 4.69) is 81.4 Å². The summed E-state index contributed by atoms with van der Waals surface area (Å²) in [5.74, 6) is 0.723. The number of hydrogen-bond donors (Lipinski definition) is 0. The van der Waals surface area contributed by atoms with E-state index in [1.54, 1.807) is 0 Å². The molecule has 0 saturated carbocycles. The molecule has 0 fully saturated rings. The number of hydrogen-bond acceptors (Lipinski definition) is 0. The third kappa shape index (κ3) is 9.23. The van der Waals surface area contributed by atoms with Crippen LogP contribution < -0.4 is 0 Å². The maximum absolute atomic E-state index is 2.29. The van der Waals surface area contributed by atoms with Gasteiger partial charge in [-0.25, -0.2) is 0 Å². The second-order valence-electron chi connectivity index (χ2n) is 6.40. The Kier molecular flexibility index (Phi) is 11.0. The third-order valence-electron chi connectivity index (χ3n) is 4.25. The van der Waals surface area contributed by atoms with Gasteiger partial charge in [0.1, 0.15) is 0 Å². The smallest absolute Gasteiger partial charge is 0.0190 e. The van der Waals surface area contributed by atoms with Crippen LogP contribution >= 0.6 is 0 Å². The fourth-order valence-corrected chi connectivity index (χ4v) is 2.78. The van der Waals surface area contributed by atoms with E-state index in [4.69, 9.17) is 0 Å². The maximum atomic E-state index is 2.29. The molecule has 1 unspecified atom stereocenters.